The van der Waals surface area contributed by atoms with Gasteiger partial charge in [0.1, 0.15) is 0 Å². The van der Waals surface area contributed by atoms with Crippen LogP contribution < -0.4 is 0 Å². The second-order valence-corrected chi connectivity index (χ2v) is 12.9. The van der Waals surface area contributed by atoms with Crippen LogP contribution in [0.4, 0.5) is 0 Å². The first-order valence-corrected chi connectivity index (χ1v) is 15.9. The van der Waals surface area contributed by atoms with Gasteiger partial charge < -0.3 is 0 Å². The third-order valence-corrected chi connectivity index (χ3v) is 10.1. The van der Waals surface area contributed by atoms with Crippen LogP contribution >= 0.6 is 0 Å². The molecule has 0 saturated carbocycles. The van der Waals surface area contributed by atoms with Crippen molar-refractivity contribution in [3.05, 3.63) is 169 Å². The van der Waals surface area contributed by atoms with Crippen LogP contribution in [0.15, 0.2) is 158 Å². The quantitative estimate of drug-likeness (QED) is 0.185. The third-order valence-electron chi connectivity index (χ3n) is 10.1. The minimum absolute atomic E-state index is 0.0493. The van der Waals surface area contributed by atoms with Crippen molar-refractivity contribution in [2.45, 2.75) is 19.3 Å². The largest absolute Gasteiger partial charge is 0.0619 e. The van der Waals surface area contributed by atoms with E-state index in [1.807, 2.05) is 0 Å². The maximum absolute atomic E-state index is 2.46. The van der Waals surface area contributed by atoms with Crippen LogP contribution in [0.5, 0.6) is 0 Å². The van der Waals surface area contributed by atoms with Crippen molar-refractivity contribution in [2.75, 3.05) is 0 Å². The van der Waals surface area contributed by atoms with Crippen molar-refractivity contribution in [1.82, 2.24) is 0 Å². The highest BCUT2D eigenvalue weighted by Crippen LogP contribution is 2.51. The number of rotatable bonds is 3. The first-order valence-electron chi connectivity index (χ1n) is 15.9. The second-order valence-electron chi connectivity index (χ2n) is 12.9. The Morgan fingerprint density at radius 3 is 1.56 bits per heavy atom. The van der Waals surface area contributed by atoms with Crippen LogP contribution in [0, 0.1) is 0 Å². The van der Waals surface area contributed by atoms with E-state index in [0.29, 0.717) is 0 Å². The van der Waals surface area contributed by atoms with Gasteiger partial charge in [0.15, 0.2) is 0 Å². The van der Waals surface area contributed by atoms with Crippen LogP contribution in [0.3, 0.4) is 0 Å². The highest BCUT2D eigenvalue weighted by Gasteiger charge is 2.35. The topological polar surface area (TPSA) is 0 Å². The van der Waals surface area contributed by atoms with Crippen LogP contribution in [0.2, 0.25) is 0 Å². The summed E-state index contributed by atoms with van der Waals surface area (Å²) in [5.41, 5.74) is 13.1. The monoisotopic (exact) mass is 572 g/mol. The normalized spacial score (nSPS) is 13.3. The molecule has 1 aliphatic rings. The van der Waals surface area contributed by atoms with Gasteiger partial charge in [-0.1, -0.05) is 159 Å². The molecule has 0 radical (unpaired) electrons. The van der Waals surface area contributed by atoms with Gasteiger partial charge in [0.25, 0.3) is 0 Å². The zero-order valence-electron chi connectivity index (χ0n) is 25.5. The molecular formula is C45H32. The Kier molecular flexibility index (Phi) is 5.64. The molecule has 0 saturated heterocycles. The second kappa shape index (κ2) is 9.78. The molecule has 0 heteroatoms. The van der Waals surface area contributed by atoms with Gasteiger partial charge in [-0.25, -0.2) is 0 Å². The SMILES string of the molecule is CC1(C)c2ccccc2-c2ccc(-c3c4ccccc4c(-c4ccccc4-c4ccc5ccccc5c4)c4ccccc34)cc21. The minimum Gasteiger partial charge on any atom is -0.0619 e. The Balaban J connectivity index is 1.32. The smallest absolute Gasteiger partial charge is 0.0159 e. The fourth-order valence-corrected chi connectivity index (χ4v) is 7.90. The molecule has 8 aromatic carbocycles. The summed E-state index contributed by atoms with van der Waals surface area (Å²) in [7, 11) is 0. The molecule has 212 valence electrons. The highest BCUT2D eigenvalue weighted by atomic mass is 14.4. The predicted molar refractivity (Wildman–Crippen MR) is 193 cm³/mol. The summed E-state index contributed by atoms with van der Waals surface area (Å²) in [6, 6.07) is 58.4. The highest BCUT2D eigenvalue weighted by molar-refractivity contribution is 6.22. The van der Waals surface area contributed by atoms with Crippen molar-refractivity contribution in [3.63, 3.8) is 0 Å². The molecule has 0 heterocycles. The third kappa shape index (κ3) is 3.85. The first-order chi connectivity index (χ1) is 22.1. The average molecular weight is 573 g/mol. The summed E-state index contributed by atoms with van der Waals surface area (Å²) in [6.45, 7) is 4.73. The van der Waals surface area contributed by atoms with Gasteiger partial charge in [-0.05, 0) is 100 Å². The van der Waals surface area contributed by atoms with Crippen molar-refractivity contribution in [1.29, 1.82) is 0 Å². The van der Waals surface area contributed by atoms with Crippen molar-refractivity contribution >= 4 is 32.3 Å². The zero-order chi connectivity index (χ0) is 30.1. The molecule has 0 bridgehead atoms. The Hall–Kier alpha value is -5.46. The maximum atomic E-state index is 2.46. The summed E-state index contributed by atoms with van der Waals surface area (Å²) >= 11 is 0. The van der Waals surface area contributed by atoms with Gasteiger partial charge in [-0.2, -0.15) is 0 Å². The van der Waals surface area contributed by atoms with E-state index in [2.05, 4.69) is 172 Å². The molecular weight excluding hydrogens is 540 g/mol. The van der Waals surface area contributed by atoms with Crippen LogP contribution in [0.25, 0.3) is 76.8 Å². The summed E-state index contributed by atoms with van der Waals surface area (Å²) in [5.74, 6) is 0. The zero-order valence-corrected chi connectivity index (χ0v) is 25.5. The van der Waals surface area contributed by atoms with Crippen LogP contribution in [-0.2, 0) is 5.41 Å². The van der Waals surface area contributed by atoms with Gasteiger partial charge in [-0.3, -0.25) is 0 Å². The molecule has 0 amide bonds. The van der Waals surface area contributed by atoms with Gasteiger partial charge in [-0.15, -0.1) is 0 Å². The fourth-order valence-electron chi connectivity index (χ4n) is 7.90. The fraction of sp³-hybridized carbons (Fsp3) is 0.0667. The molecule has 1 aliphatic carbocycles. The van der Waals surface area contributed by atoms with Crippen molar-refractivity contribution < 1.29 is 0 Å². The maximum Gasteiger partial charge on any atom is 0.0159 e. The lowest BCUT2D eigenvalue weighted by molar-refractivity contribution is 0.660. The molecule has 0 spiro atoms. The first kappa shape index (κ1) is 26.0. The standard InChI is InChI=1S/C45H32/c1-45(2)41-22-12-11-16-34(41)35-26-25-32(28-42(35)45)43-37-18-7-9-20-39(37)44(40-21-10-8-19-38(40)43)36-17-6-5-15-33(36)31-24-23-29-13-3-4-14-30(29)27-31/h3-28H,1-2H3. The molecule has 0 aromatic heterocycles. The number of hydrogen-bond donors (Lipinski definition) is 0. The molecule has 0 aliphatic heterocycles. The van der Waals surface area contributed by atoms with E-state index >= 15 is 0 Å². The van der Waals surface area contributed by atoms with Crippen molar-refractivity contribution in [2.24, 2.45) is 0 Å². The predicted octanol–water partition coefficient (Wildman–Crippen LogP) is 12.5. The van der Waals surface area contributed by atoms with Crippen molar-refractivity contribution in [3.8, 4) is 44.5 Å². The minimum atomic E-state index is -0.0493. The summed E-state index contributed by atoms with van der Waals surface area (Å²) in [5, 5.41) is 7.65. The van der Waals surface area contributed by atoms with Gasteiger partial charge in [0.2, 0.25) is 0 Å². The van der Waals surface area contributed by atoms with Crippen LogP contribution in [-0.4, -0.2) is 0 Å². The van der Waals surface area contributed by atoms with E-state index in [1.54, 1.807) is 0 Å². The lowest BCUT2D eigenvalue weighted by atomic mass is 9.80. The lowest BCUT2D eigenvalue weighted by Crippen LogP contribution is -2.14. The number of hydrogen-bond acceptors (Lipinski definition) is 0. The number of fused-ring (bicyclic) bond motifs is 6. The van der Waals surface area contributed by atoms with Gasteiger partial charge in [0.05, 0.1) is 0 Å². The molecule has 0 N–H and O–H groups in total. The van der Waals surface area contributed by atoms with E-state index < -0.39 is 0 Å². The molecule has 0 nitrogen and oxygen atoms in total. The summed E-state index contributed by atoms with van der Waals surface area (Å²) in [6.07, 6.45) is 0. The van der Waals surface area contributed by atoms with E-state index in [1.165, 1.54) is 88.0 Å². The van der Waals surface area contributed by atoms with Gasteiger partial charge >= 0.3 is 0 Å². The Labute approximate surface area is 264 Å². The van der Waals surface area contributed by atoms with E-state index in [-0.39, 0.29) is 5.41 Å². The molecule has 8 aromatic rings. The summed E-state index contributed by atoms with van der Waals surface area (Å²) in [4.78, 5) is 0. The molecule has 0 atom stereocenters. The Bertz CT molecular complexity index is 2400. The van der Waals surface area contributed by atoms with E-state index in [4.69, 9.17) is 0 Å². The molecule has 0 fully saturated rings. The Morgan fingerprint density at radius 1 is 0.333 bits per heavy atom. The lowest BCUT2D eigenvalue weighted by Gasteiger charge is -2.23. The molecule has 0 unspecified atom stereocenters. The Morgan fingerprint density at radius 2 is 0.844 bits per heavy atom. The molecule has 45 heavy (non-hydrogen) atoms. The van der Waals surface area contributed by atoms with Crippen LogP contribution in [0.1, 0.15) is 25.0 Å². The van der Waals surface area contributed by atoms with E-state index in [0.717, 1.165) is 0 Å². The average Bonchev–Trinajstić information content (AvgIpc) is 3.32. The summed E-state index contributed by atoms with van der Waals surface area (Å²) < 4.78 is 0. The molecule has 9 rings (SSSR count). The van der Waals surface area contributed by atoms with Gasteiger partial charge in [0, 0.05) is 5.41 Å². The number of benzene rings is 8. The van der Waals surface area contributed by atoms with E-state index in [9.17, 15) is 0 Å².